The van der Waals surface area contributed by atoms with E-state index in [9.17, 15) is 14.7 Å². The summed E-state index contributed by atoms with van der Waals surface area (Å²) in [5, 5.41) is 13.4. The molecule has 0 saturated carbocycles. The summed E-state index contributed by atoms with van der Waals surface area (Å²) in [7, 11) is 0. The molecule has 0 amide bonds. The first kappa shape index (κ1) is 32.2. The molecule has 7 nitrogen and oxygen atoms in total. The van der Waals surface area contributed by atoms with Gasteiger partial charge in [0.25, 0.3) is 0 Å². The molecule has 2 aromatic rings. The van der Waals surface area contributed by atoms with E-state index >= 15 is 0 Å². The van der Waals surface area contributed by atoms with Gasteiger partial charge in [0.2, 0.25) is 0 Å². The van der Waals surface area contributed by atoms with Crippen molar-refractivity contribution in [2.75, 3.05) is 32.7 Å². The van der Waals surface area contributed by atoms with E-state index in [2.05, 4.69) is 43.1 Å². The fraction of sp³-hybridized carbons (Fsp3) is 0.632. The number of hydrogen-bond donors (Lipinski definition) is 2. The van der Waals surface area contributed by atoms with Gasteiger partial charge >= 0.3 is 0 Å². The van der Waals surface area contributed by atoms with Crippen molar-refractivity contribution in [2.24, 2.45) is 22.2 Å². The maximum Gasteiger partial charge on any atom is 0.178 e. The predicted molar refractivity (Wildman–Crippen MR) is 180 cm³/mol. The number of hydrogen-bond acceptors (Lipinski definition) is 7. The third-order valence-corrected chi connectivity index (χ3v) is 10.9. The Hall–Kier alpha value is -2.74. The second kappa shape index (κ2) is 13.9. The van der Waals surface area contributed by atoms with Crippen LogP contribution in [0.4, 0.5) is 5.69 Å². The van der Waals surface area contributed by atoms with Crippen molar-refractivity contribution in [2.45, 2.75) is 103 Å². The molecule has 0 spiro atoms. The lowest BCUT2D eigenvalue weighted by Crippen LogP contribution is -2.37. The first-order valence-corrected chi connectivity index (χ1v) is 17.5. The number of aromatic nitrogens is 1. The number of aryl methyl sites for hydroxylation is 1. The van der Waals surface area contributed by atoms with Gasteiger partial charge in [-0.25, -0.2) is 4.99 Å². The molecule has 2 N–H and O–H groups in total. The molecule has 1 aromatic heterocycles. The van der Waals surface area contributed by atoms with E-state index in [1.807, 2.05) is 18.2 Å². The first-order chi connectivity index (χ1) is 21.6. The Kier molecular flexibility index (Phi) is 9.98. The minimum Gasteiger partial charge on any atom is -0.393 e. The minimum absolute atomic E-state index is 0.00596. The van der Waals surface area contributed by atoms with Crippen LogP contribution in [-0.4, -0.2) is 71.1 Å². The molecule has 1 unspecified atom stereocenters. The largest absolute Gasteiger partial charge is 0.393 e. The standard InChI is InChI=1S/C38H52N4O3/c1-38(2,3)30-9-10-32-29(20-30)21-33-34(40-32)23-35(41-33)37(45)22-27(11-15-42-16-12-31(43)13-17-42)26-7-4-8-28(19-26)36(44)18-25-6-5-14-39-24-25/h4,7-8,19,21,25,27,30-31,39,43H,5-6,9-18,20,22-24H2,1-3H3/t25?,27-,30-/m0/s1. The highest BCUT2D eigenvalue weighted by Crippen LogP contribution is 2.39. The number of pyridine rings is 1. The maximum absolute atomic E-state index is 13.9. The maximum atomic E-state index is 13.9. The highest BCUT2D eigenvalue weighted by molar-refractivity contribution is 6.41. The molecule has 4 heterocycles. The van der Waals surface area contributed by atoms with Gasteiger partial charge in [-0.15, -0.1) is 0 Å². The summed E-state index contributed by atoms with van der Waals surface area (Å²) in [5.74, 6) is 1.29. The number of likely N-dealkylation sites (tertiary alicyclic amines) is 1. The first-order valence-electron chi connectivity index (χ1n) is 17.5. The van der Waals surface area contributed by atoms with Crippen LogP contribution >= 0.6 is 0 Å². The summed E-state index contributed by atoms with van der Waals surface area (Å²) in [4.78, 5) is 39.5. The van der Waals surface area contributed by atoms with Crippen molar-refractivity contribution < 1.29 is 14.7 Å². The number of ketones is 2. The normalized spacial score (nSPS) is 23.2. The summed E-state index contributed by atoms with van der Waals surface area (Å²) < 4.78 is 0. The summed E-state index contributed by atoms with van der Waals surface area (Å²) >= 11 is 0. The van der Waals surface area contributed by atoms with E-state index in [0.29, 0.717) is 36.8 Å². The molecule has 1 aromatic carbocycles. The van der Waals surface area contributed by atoms with Crippen LogP contribution in [0.5, 0.6) is 0 Å². The Morgan fingerprint density at radius 2 is 1.89 bits per heavy atom. The topological polar surface area (TPSA) is 94.9 Å². The number of Topliss-reactive ketones (excluding diaryl/α,β-unsaturated/α-hetero) is 2. The summed E-state index contributed by atoms with van der Waals surface area (Å²) in [6, 6.07) is 10.3. The molecule has 7 heteroatoms. The van der Waals surface area contributed by atoms with Gasteiger partial charge in [0.05, 0.1) is 23.2 Å². The van der Waals surface area contributed by atoms with Gasteiger partial charge in [-0.05, 0) is 117 Å². The van der Waals surface area contributed by atoms with Crippen molar-refractivity contribution >= 4 is 23.0 Å². The number of nitrogens with zero attached hydrogens (tertiary/aromatic N) is 3. The van der Waals surface area contributed by atoms with Crippen LogP contribution in [0.1, 0.15) is 111 Å². The molecule has 0 radical (unpaired) electrons. The Balaban J connectivity index is 1.17. The highest BCUT2D eigenvalue weighted by atomic mass is 16.3. The van der Waals surface area contributed by atoms with Crippen molar-refractivity contribution in [3.63, 3.8) is 0 Å². The molecule has 6 rings (SSSR count). The molecule has 242 valence electrons. The van der Waals surface area contributed by atoms with E-state index in [4.69, 9.17) is 9.98 Å². The third kappa shape index (κ3) is 7.98. The Morgan fingerprint density at radius 1 is 1.07 bits per heavy atom. The molecule has 3 aliphatic heterocycles. The van der Waals surface area contributed by atoms with Crippen molar-refractivity contribution in [3.05, 3.63) is 58.4 Å². The van der Waals surface area contributed by atoms with Crippen LogP contribution < -0.4 is 5.32 Å². The third-order valence-electron chi connectivity index (χ3n) is 10.9. The Bertz CT molecular complexity index is 1410. The zero-order valence-electron chi connectivity index (χ0n) is 27.6. The smallest absolute Gasteiger partial charge is 0.178 e. The average Bonchev–Trinajstić information content (AvgIpc) is 3.45. The van der Waals surface area contributed by atoms with E-state index in [1.165, 1.54) is 11.3 Å². The Morgan fingerprint density at radius 3 is 2.64 bits per heavy atom. The average molecular weight is 613 g/mol. The number of aliphatic hydroxyl groups is 1. The number of aliphatic imine (C=N–C) groups is 1. The van der Waals surface area contributed by atoms with Crippen LogP contribution in [0, 0.1) is 17.3 Å². The minimum atomic E-state index is -0.207. The monoisotopic (exact) mass is 612 g/mol. The van der Waals surface area contributed by atoms with Gasteiger partial charge in [0.15, 0.2) is 11.6 Å². The SMILES string of the molecule is CC(C)(C)[C@H]1CCc2nc3c(cc2C1)N=C(C(=O)C[C@H](CCN1CCC(O)CC1)c1cccc(C(=O)CC2CCCNC2)c1)C3. The second-order valence-electron chi connectivity index (χ2n) is 15.3. The molecule has 3 atom stereocenters. The molecule has 2 fully saturated rings. The predicted octanol–water partition coefficient (Wildman–Crippen LogP) is 6.02. The van der Waals surface area contributed by atoms with Crippen LogP contribution in [0.15, 0.2) is 35.3 Å². The fourth-order valence-corrected chi connectivity index (χ4v) is 7.82. The Labute approximate surface area is 269 Å². The number of rotatable bonds is 10. The number of benzene rings is 1. The van der Waals surface area contributed by atoms with Gasteiger partial charge < -0.3 is 15.3 Å². The highest BCUT2D eigenvalue weighted by Gasteiger charge is 2.32. The second-order valence-corrected chi connectivity index (χ2v) is 15.3. The number of aliphatic hydroxyl groups excluding tert-OH is 1. The van der Waals surface area contributed by atoms with Crippen LogP contribution in [0.3, 0.4) is 0 Å². The van der Waals surface area contributed by atoms with E-state index in [1.54, 1.807) is 0 Å². The molecular weight excluding hydrogens is 560 g/mol. The van der Waals surface area contributed by atoms with Gasteiger partial charge in [-0.3, -0.25) is 14.6 Å². The lowest BCUT2D eigenvalue weighted by Gasteiger charge is -2.34. The van der Waals surface area contributed by atoms with Crippen molar-refractivity contribution in [1.82, 2.24) is 15.2 Å². The quantitative estimate of drug-likeness (QED) is 0.319. The molecular formula is C38H52N4O3. The van der Waals surface area contributed by atoms with Crippen LogP contribution in [0.25, 0.3) is 0 Å². The number of fused-ring (bicyclic) bond motifs is 2. The molecule has 2 saturated heterocycles. The number of piperidine rings is 2. The van der Waals surface area contributed by atoms with Gasteiger partial charge in [-0.1, -0.05) is 39.0 Å². The van der Waals surface area contributed by atoms with Crippen LogP contribution in [-0.2, 0) is 24.1 Å². The molecule has 45 heavy (non-hydrogen) atoms. The molecule has 1 aliphatic carbocycles. The zero-order chi connectivity index (χ0) is 31.6. The molecule has 4 aliphatic rings. The number of nitrogens with one attached hydrogen (secondary N) is 1. The lowest BCUT2D eigenvalue weighted by molar-refractivity contribution is -0.113. The van der Waals surface area contributed by atoms with Crippen LogP contribution in [0.2, 0.25) is 0 Å². The van der Waals surface area contributed by atoms with E-state index in [-0.39, 0.29) is 29.0 Å². The fourth-order valence-electron chi connectivity index (χ4n) is 7.82. The summed E-state index contributed by atoms with van der Waals surface area (Å²) in [6.07, 6.45) is 9.07. The van der Waals surface area contributed by atoms with E-state index < -0.39 is 0 Å². The summed E-state index contributed by atoms with van der Waals surface area (Å²) in [5.41, 5.74) is 7.01. The zero-order valence-corrected chi connectivity index (χ0v) is 27.6. The van der Waals surface area contributed by atoms with Gasteiger partial charge in [0.1, 0.15) is 0 Å². The van der Waals surface area contributed by atoms with Crippen molar-refractivity contribution in [1.29, 1.82) is 0 Å². The summed E-state index contributed by atoms with van der Waals surface area (Å²) in [6.45, 7) is 11.5. The lowest BCUT2D eigenvalue weighted by atomic mass is 9.71. The van der Waals surface area contributed by atoms with Gasteiger partial charge in [-0.2, -0.15) is 0 Å². The molecule has 0 bridgehead atoms. The number of carbonyl (C=O) groups is 2. The van der Waals surface area contributed by atoms with Crippen molar-refractivity contribution in [3.8, 4) is 0 Å². The van der Waals surface area contributed by atoms with Gasteiger partial charge in [0, 0.05) is 43.6 Å². The van der Waals surface area contributed by atoms with E-state index in [0.717, 1.165) is 107 Å². The number of carbonyl (C=O) groups excluding carboxylic acids is 2.